The summed E-state index contributed by atoms with van der Waals surface area (Å²) in [6.07, 6.45) is -1.33. The Hall–Kier alpha value is -3.94. The van der Waals surface area contributed by atoms with Crippen LogP contribution < -0.4 is 26.3 Å². The van der Waals surface area contributed by atoms with Gasteiger partial charge in [-0.3, -0.25) is 9.59 Å². The van der Waals surface area contributed by atoms with Gasteiger partial charge in [0.25, 0.3) is 11.8 Å². The van der Waals surface area contributed by atoms with Crippen molar-refractivity contribution in [3.63, 3.8) is 0 Å². The lowest BCUT2D eigenvalue weighted by molar-refractivity contribution is -0.265. The summed E-state index contributed by atoms with van der Waals surface area (Å²) >= 11 is 5.96. The van der Waals surface area contributed by atoms with Crippen molar-refractivity contribution in [2.75, 3.05) is 20.3 Å². The summed E-state index contributed by atoms with van der Waals surface area (Å²) in [7, 11) is 1.25. The summed E-state index contributed by atoms with van der Waals surface area (Å²) in [5.74, 6) is -2.39. The lowest BCUT2D eigenvalue weighted by atomic mass is 9.89. The number of hydrogen-bond acceptors (Lipinski definition) is 7. The van der Waals surface area contributed by atoms with Gasteiger partial charge >= 0.3 is 6.18 Å². The Morgan fingerprint density at radius 1 is 1.14 bits per heavy atom. The van der Waals surface area contributed by atoms with Crippen molar-refractivity contribution in [3.05, 3.63) is 81.9 Å². The second-order valence-electron chi connectivity index (χ2n) is 9.95. The van der Waals surface area contributed by atoms with E-state index < -0.39 is 53.8 Å². The van der Waals surface area contributed by atoms with E-state index in [1.807, 2.05) is 0 Å². The molecule has 42 heavy (non-hydrogen) atoms. The maximum atomic E-state index is 14.5. The number of benzene rings is 1. The van der Waals surface area contributed by atoms with Gasteiger partial charge in [-0.15, -0.1) is 0 Å². The van der Waals surface area contributed by atoms with Crippen molar-refractivity contribution in [3.8, 4) is 11.5 Å². The number of primary amides is 1. The molecule has 0 saturated carbocycles. The third-order valence-corrected chi connectivity index (χ3v) is 6.49. The predicted molar refractivity (Wildman–Crippen MR) is 147 cm³/mol. The van der Waals surface area contributed by atoms with Crippen LogP contribution in [0, 0.1) is 0 Å². The van der Waals surface area contributed by atoms with Gasteiger partial charge < -0.3 is 31.4 Å². The van der Waals surface area contributed by atoms with Gasteiger partial charge in [0.1, 0.15) is 5.83 Å². The molecule has 14 heteroatoms. The van der Waals surface area contributed by atoms with E-state index in [4.69, 9.17) is 32.5 Å². The monoisotopic (exact) mass is 612 g/mol. The summed E-state index contributed by atoms with van der Waals surface area (Å²) in [6.45, 7) is 1.28. The number of carbonyl (C=O) groups excluding carboxylic acids is 2. The zero-order chi connectivity index (χ0) is 31.5. The fourth-order valence-corrected chi connectivity index (χ4v) is 4.01. The highest BCUT2D eigenvalue weighted by Gasteiger charge is 2.56. The van der Waals surface area contributed by atoms with Gasteiger partial charge in [0.2, 0.25) is 5.60 Å². The van der Waals surface area contributed by atoms with E-state index in [0.717, 1.165) is 6.07 Å². The van der Waals surface area contributed by atoms with Gasteiger partial charge in [-0.25, -0.2) is 9.37 Å². The Morgan fingerprint density at radius 3 is 2.43 bits per heavy atom. The Balaban J connectivity index is 2.01. The maximum Gasteiger partial charge on any atom is 0.424 e. The zero-order valence-corrected chi connectivity index (χ0v) is 23.6. The molecule has 6 N–H and O–H groups in total. The van der Waals surface area contributed by atoms with E-state index in [9.17, 15) is 32.3 Å². The van der Waals surface area contributed by atoms with Crippen LogP contribution in [0.2, 0.25) is 0 Å². The molecule has 2 aromatic rings. The average molecular weight is 613 g/mol. The van der Waals surface area contributed by atoms with Gasteiger partial charge in [-0.05, 0) is 73.9 Å². The number of amides is 2. The lowest BCUT2D eigenvalue weighted by Gasteiger charge is -2.32. The Bertz CT molecular complexity index is 1470. The zero-order valence-electron chi connectivity index (χ0n) is 22.8. The number of allylic oxidation sites excluding steroid dienone is 6. The van der Waals surface area contributed by atoms with Crippen molar-refractivity contribution in [1.29, 1.82) is 0 Å². The largest absolute Gasteiger partial charge is 0.493 e. The number of rotatable bonds is 10. The first-order valence-corrected chi connectivity index (χ1v) is 12.8. The highest BCUT2D eigenvalue weighted by atomic mass is 35.5. The molecule has 1 unspecified atom stereocenters. The van der Waals surface area contributed by atoms with E-state index in [1.165, 1.54) is 49.6 Å². The van der Waals surface area contributed by atoms with Crippen LogP contribution in [0.15, 0.2) is 59.4 Å². The molecule has 2 amide bonds. The van der Waals surface area contributed by atoms with Crippen LogP contribution in [0.3, 0.4) is 0 Å². The third kappa shape index (κ3) is 7.46. The number of methoxy groups -OCH3 is 1. The van der Waals surface area contributed by atoms with Crippen LogP contribution in [0.1, 0.15) is 47.6 Å². The van der Waals surface area contributed by atoms with Gasteiger partial charge in [-0.1, -0.05) is 17.7 Å². The van der Waals surface area contributed by atoms with Gasteiger partial charge in [0.15, 0.2) is 18.1 Å². The minimum absolute atomic E-state index is 0.00786. The molecule has 0 saturated heterocycles. The fraction of sp³-hybridized carbons (Fsp3) is 0.321. The van der Waals surface area contributed by atoms with Gasteiger partial charge in [0.05, 0.1) is 30.1 Å². The van der Waals surface area contributed by atoms with Crippen LogP contribution in [0.4, 0.5) is 17.6 Å². The molecule has 0 bridgehead atoms. The van der Waals surface area contributed by atoms with E-state index in [-0.39, 0.29) is 45.3 Å². The lowest BCUT2D eigenvalue weighted by Crippen LogP contribution is -2.51. The van der Waals surface area contributed by atoms with Crippen LogP contribution in [-0.2, 0) is 15.9 Å². The second kappa shape index (κ2) is 12.5. The van der Waals surface area contributed by atoms with Crippen molar-refractivity contribution in [2.24, 2.45) is 11.5 Å². The molecule has 9 nitrogen and oxygen atoms in total. The van der Waals surface area contributed by atoms with Crippen molar-refractivity contribution in [1.82, 2.24) is 10.3 Å². The highest BCUT2D eigenvalue weighted by molar-refractivity contribution is 6.32. The number of alkyl halides is 3. The molecule has 1 atom stereocenters. The number of carbonyl (C=O) groups is 2. The minimum atomic E-state index is -5.31. The minimum Gasteiger partial charge on any atom is -0.493 e. The van der Waals surface area contributed by atoms with E-state index in [2.05, 4.69) is 10.3 Å². The Morgan fingerprint density at radius 2 is 1.83 bits per heavy atom. The number of hydrogen-bond donors (Lipinski definition) is 4. The first kappa shape index (κ1) is 32.6. The van der Waals surface area contributed by atoms with Crippen LogP contribution >= 0.6 is 11.6 Å². The number of pyridine rings is 1. The molecule has 0 spiro atoms. The molecule has 1 aromatic carbocycles. The average Bonchev–Trinajstić information content (AvgIpc) is 3.08. The molecular weight excluding hydrogens is 584 g/mol. The fourth-order valence-electron chi connectivity index (χ4n) is 3.82. The predicted octanol–water partition coefficient (Wildman–Crippen LogP) is 4.09. The molecule has 1 heterocycles. The Labute approximate surface area is 243 Å². The number of aliphatic hydroxyl groups is 1. The SMILES string of the molecule is COc1cc(C(=O)NCC(O)(c2cc(C(C)(C)N)cc(C3=CCC=C(F)C(Cl)=C3)n2)C(F)(F)F)ccc1OCC(N)=O. The number of nitrogens with two attached hydrogens (primary N) is 2. The first-order valence-electron chi connectivity index (χ1n) is 12.4. The van der Waals surface area contributed by atoms with Crippen molar-refractivity contribution in [2.45, 2.75) is 37.6 Å². The van der Waals surface area contributed by atoms with Gasteiger partial charge in [0, 0.05) is 11.1 Å². The summed E-state index contributed by atoms with van der Waals surface area (Å²) < 4.78 is 67.8. The topological polar surface area (TPSA) is 150 Å². The van der Waals surface area contributed by atoms with Crippen molar-refractivity contribution < 1.29 is 41.7 Å². The van der Waals surface area contributed by atoms with Crippen LogP contribution in [0.5, 0.6) is 11.5 Å². The number of ether oxygens (including phenoxy) is 2. The molecule has 226 valence electrons. The number of nitrogens with one attached hydrogen (secondary N) is 1. The summed E-state index contributed by atoms with van der Waals surface area (Å²) in [5.41, 5.74) is 5.74. The molecular formula is C28H29ClF4N4O5. The third-order valence-electron chi connectivity index (χ3n) is 6.20. The second-order valence-corrected chi connectivity index (χ2v) is 10.4. The first-order chi connectivity index (χ1) is 19.5. The van der Waals surface area contributed by atoms with Crippen LogP contribution in [-0.4, -0.2) is 48.3 Å². The molecule has 0 aliphatic heterocycles. The normalized spacial score (nSPS) is 15.4. The number of nitrogens with zero attached hydrogens (tertiary/aromatic N) is 1. The van der Waals surface area contributed by atoms with Gasteiger partial charge in [-0.2, -0.15) is 13.2 Å². The molecule has 1 aromatic heterocycles. The van der Waals surface area contributed by atoms with E-state index >= 15 is 0 Å². The number of aromatic nitrogens is 1. The molecule has 0 radical (unpaired) electrons. The van der Waals surface area contributed by atoms with Crippen molar-refractivity contribution >= 4 is 29.0 Å². The summed E-state index contributed by atoms with van der Waals surface area (Å²) in [6, 6.07) is 6.08. The number of halogens is 5. The highest BCUT2D eigenvalue weighted by Crippen LogP contribution is 2.40. The van der Waals surface area contributed by atoms with Crippen LogP contribution in [0.25, 0.3) is 5.57 Å². The summed E-state index contributed by atoms with van der Waals surface area (Å²) in [5, 5.41) is 12.9. The molecule has 3 rings (SSSR count). The van der Waals surface area contributed by atoms with E-state index in [0.29, 0.717) is 0 Å². The standard InChI is InChI=1S/C28H29ClF4N4O5/c1-26(2,35)17-11-20(15-5-4-6-19(30)18(29)9-15)37-23(12-17)27(40,28(31,32)33)14-36-25(39)16-7-8-21(22(10-16)41-3)42-13-24(34)38/h5-12,40H,4,13-14,35H2,1-3H3,(H2,34,38)(H,36,39). The van der Waals surface area contributed by atoms with E-state index in [1.54, 1.807) is 13.8 Å². The maximum absolute atomic E-state index is 14.5. The smallest absolute Gasteiger partial charge is 0.424 e. The molecule has 1 aliphatic carbocycles. The quantitative estimate of drug-likeness (QED) is 0.295. The molecule has 0 fully saturated rings. The Kier molecular flexibility index (Phi) is 9.70. The molecule has 1 aliphatic rings. The summed E-state index contributed by atoms with van der Waals surface area (Å²) in [4.78, 5) is 27.9.